The van der Waals surface area contributed by atoms with E-state index in [0.29, 0.717) is 0 Å². The number of pyridine rings is 1. The Morgan fingerprint density at radius 2 is 1.91 bits per heavy atom. The molecule has 0 unspecified atom stereocenters. The van der Waals surface area contributed by atoms with Crippen LogP contribution in [0, 0.1) is 0 Å². The monoisotopic (exact) mass is 310 g/mol. The summed E-state index contributed by atoms with van der Waals surface area (Å²) in [5.74, 6) is 0.859. The van der Waals surface area contributed by atoms with Gasteiger partial charge in [-0.1, -0.05) is 13.3 Å². The topological polar surface area (TPSA) is 35.0 Å². The fraction of sp³-hybridized carbons (Fsp3) is 0.222. The lowest BCUT2D eigenvalue weighted by molar-refractivity contribution is 0.415. The maximum atomic E-state index is 5.19. The Balaban J connectivity index is 1.88. The first kappa shape index (κ1) is 14.7. The summed E-state index contributed by atoms with van der Waals surface area (Å²) in [5, 5.41) is 3.13. The number of methoxy groups -OCH3 is 1. The fourth-order valence-electron chi connectivity index (χ4n) is 2.30. The van der Waals surface area contributed by atoms with Crippen molar-refractivity contribution in [2.75, 3.05) is 7.11 Å². The molecule has 22 heavy (non-hydrogen) atoms. The lowest BCUT2D eigenvalue weighted by Crippen LogP contribution is -1.89. The number of aryl methyl sites for hydroxylation is 1. The molecule has 0 radical (unpaired) electrons. The molecule has 0 aliphatic rings. The van der Waals surface area contributed by atoms with Crippen LogP contribution in [0.4, 0.5) is 0 Å². The molecule has 0 fully saturated rings. The van der Waals surface area contributed by atoms with Crippen molar-refractivity contribution >= 4 is 11.3 Å². The minimum Gasteiger partial charge on any atom is -0.497 e. The smallest absolute Gasteiger partial charge is 0.124 e. The molecule has 0 saturated heterocycles. The van der Waals surface area contributed by atoms with Crippen LogP contribution in [0.3, 0.4) is 0 Å². The van der Waals surface area contributed by atoms with Gasteiger partial charge in [0.1, 0.15) is 10.8 Å². The Kier molecular flexibility index (Phi) is 4.49. The van der Waals surface area contributed by atoms with E-state index in [0.717, 1.165) is 46.1 Å². The molecule has 0 N–H and O–H groups in total. The second-order valence-electron chi connectivity index (χ2n) is 5.05. The van der Waals surface area contributed by atoms with Crippen molar-refractivity contribution in [3.05, 3.63) is 53.7 Å². The maximum absolute atomic E-state index is 5.19. The van der Waals surface area contributed by atoms with Gasteiger partial charge < -0.3 is 4.74 Å². The second-order valence-corrected chi connectivity index (χ2v) is 5.91. The highest BCUT2D eigenvalue weighted by atomic mass is 32.1. The van der Waals surface area contributed by atoms with E-state index >= 15 is 0 Å². The van der Waals surface area contributed by atoms with Crippen molar-refractivity contribution in [2.45, 2.75) is 19.8 Å². The summed E-state index contributed by atoms with van der Waals surface area (Å²) in [4.78, 5) is 9.16. The zero-order valence-electron chi connectivity index (χ0n) is 12.7. The minimum atomic E-state index is 0.859. The van der Waals surface area contributed by atoms with Crippen LogP contribution in [0.25, 0.3) is 21.8 Å². The molecule has 3 aromatic rings. The Labute approximate surface area is 134 Å². The van der Waals surface area contributed by atoms with Gasteiger partial charge in [0.15, 0.2) is 0 Å². The van der Waals surface area contributed by atoms with Crippen LogP contribution in [0.2, 0.25) is 0 Å². The van der Waals surface area contributed by atoms with Gasteiger partial charge in [-0.15, -0.1) is 11.3 Å². The van der Waals surface area contributed by atoms with Crippen molar-refractivity contribution in [3.63, 3.8) is 0 Å². The van der Waals surface area contributed by atoms with Crippen LogP contribution in [-0.2, 0) is 6.42 Å². The molecule has 4 heteroatoms. The summed E-state index contributed by atoms with van der Waals surface area (Å²) in [6.07, 6.45) is 3.98. The van der Waals surface area contributed by atoms with Crippen molar-refractivity contribution < 1.29 is 4.74 Å². The summed E-state index contributed by atoms with van der Waals surface area (Å²) in [6.45, 7) is 2.17. The van der Waals surface area contributed by atoms with Crippen LogP contribution >= 0.6 is 11.3 Å². The van der Waals surface area contributed by atoms with Gasteiger partial charge in [0.05, 0.1) is 12.8 Å². The molecule has 0 spiro atoms. The number of hydrogen-bond donors (Lipinski definition) is 0. The zero-order chi connectivity index (χ0) is 15.4. The second kappa shape index (κ2) is 6.71. The SMILES string of the molecule is CCCc1cc(-c2nc(-c3ccc(OC)cc3)cs2)ccn1. The molecule has 2 aromatic heterocycles. The average molecular weight is 310 g/mol. The van der Waals surface area contributed by atoms with Crippen LogP contribution in [0.1, 0.15) is 19.0 Å². The van der Waals surface area contributed by atoms with E-state index in [1.165, 1.54) is 0 Å². The summed E-state index contributed by atoms with van der Waals surface area (Å²) in [5.41, 5.74) is 4.37. The van der Waals surface area contributed by atoms with Gasteiger partial charge >= 0.3 is 0 Å². The highest BCUT2D eigenvalue weighted by Crippen LogP contribution is 2.29. The summed E-state index contributed by atoms with van der Waals surface area (Å²) in [7, 11) is 1.67. The van der Waals surface area contributed by atoms with E-state index in [4.69, 9.17) is 9.72 Å². The first-order chi connectivity index (χ1) is 10.8. The first-order valence-electron chi connectivity index (χ1n) is 7.35. The molecular formula is C18H18N2OS. The number of rotatable bonds is 5. The molecular weight excluding hydrogens is 292 g/mol. The van der Waals surface area contributed by atoms with Gasteiger partial charge in [0.2, 0.25) is 0 Å². The Morgan fingerprint density at radius 3 is 2.64 bits per heavy atom. The molecule has 0 bridgehead atoms. The number of benzene rings is 1. The summed E-state index contributed by atoms with van der Waals surface area (Å²) < 4.78 is 5.19. The Bertz CT molecular complexity index is 750. The molecule has 3 nitrogen and oxygen atoms in total. The van der Waals surface area contributed by atoms with Crippen LogP contribution < -0.4 is 4.74 Å². The normalized spacial score (nSPS) is 10.6. The summed E-state index contributed by atoms with van der Waals surface area (Å²) in [6, 6.07) is 12.1. The van der Waals surface area contributed by atoms with Crippen molar-refractivity contribution in [3.8, 4) is 27.6 Å². The maximum Gasteiger partial charge on any atom is 0.124 e. The lowest BCUT2D eigenvalue weighted by atomic mass is 10.1. The van der Waals surface area contributed by atoms with Gasteiger partial charge in [0.25, 0.3) is 0 Å². The van der Waals surface area contributed by atoms with Gasteiger partial charge in [0, 0.05) is 28.4 Å². The number of ether oxygens (including phenoxy) is 1. The third kappa shape index (κ3) is 3.17. The van der Waals surface area contributed by atoms with Crippen LogP contribution in [0.5, 0.6) is 5.75 Å². The first-order valence-corrected chi connectivity index (χ1v) is 8.23. The van der Waals surface area contributed by atoms with E-state index in [2.05, 4.69) is 23.4 Å². The molecule has 0 amide bonds. The Hall–Kier alpha value is -2.20. The lowest BCUT2D eigenvalue weighted by Gasteiger charge is -2.01. The minimum absolute atomic E-state index is 0.859. The van der Waals surface area contributed by atoms with Crippen molar-refractivity contribution in [1.82, 2.24) is 9.97 Å². The molecule has 0 aliphatic heterocycles. The largest absolute Gasteiger partial charge is 0.497 e. The third-order valence-corrected chi connectivity index (χ3v) is 4.35. The van der Waals surface area contributed by atoms with E-state index in [1.807, 2.05) is 36.5 Å². The molecule has 0 atom stereocenters. The van der Waals surface area contributed by atoms with Gasteiger partial charge in [-0.2, -0.15) is 0 Å². The summed E-state index contributed by atoms with van der Waals surface area (Å²) >= 11 is 1.66. The molecule has 0 saturated carbocycles. The van der Waals surface area contributed by atoms with E-state index in [-0.39, 0.29) is 0 Å². The van der Waals surface area contributed by atoms with Gasteiger partial charge in [-0.05, 0) is 42.8 Å². The predicted molar refractivity (Wildman–Crippen MR) is 91.3 cm³/mol. The van der Waals surface area contributed by atoms with E-state index in [9.17, 15) is 0 Å². The highest BCUT2D eigenvalue weighted by molar-refractivity contribution is 7.13. The predicted octanol–water partition coefficient (Wildman–Crippen LogP) is 4.83. The number of hydrogen-bond acceptors (Lipinski definition) is 4. The zero-order valence-corrected chi connectivity index (χ0v) is 13.6. The van der Waals surface area contributed by atoms with Gasteiger partial charge in [-0.25, -0.2) is 4.98 Å². The third-order valence-electron chi connectivity index (χ3n) is 3.46. The van der Waals surface area contributed by atoms with E-state index < -0.39 is 0 Å². The fourth-order valence-corrected chi connectivity index (χ4v) is 3.13. The van der Waals surface area contributed by atoms with Crippen molar-refractivity contribution in [1.29, 1.82) is 0 Å². The number of aromatic nitrogens is 2. The molecule has 3 rings (SSSR count). The van der Waals surface area contributed by atoms with Crippen LogP contribution in [-0.4, -0.2) is 17.1 Å². The van der Waals surface area contributed by atoms with Crippen LogP contribution in [0.15, 0.2) is 48.0 Å². The standard InChI is InChI=1S/C18H18N2OS/c1-3-4-15-11-14(9-10-19-15)18-20-17(12-22-18)13-5-7-16(21-2)8-6-13/h5-12H,3-4H2,1-2H3. The highest BCUT2D eigenvalue weighted by Gasteiger charge is 2.08. The molecule has 1 aromatic carbocycles. The van der Waals surface area contributed by atoms with Crippen molar-refractivity contribution in [2.24, 2.45) is 0 Å². The van der Waals surface area contributed by atoms with E-state index in [1.54, 1.807) is 18.4 Å². The molecule has 0 aliphatic carbocycles. The molecule has 112 valence electrons. The van der Waals surface area contributed by atoms with Gasteiger partial charge in [-0.3, -0.25) is 4.98 Å². The number of nitrogens with zero attached hydrogens (tertiary/aromatic N) is 2. The quantitative estimate of drug-likeness (QED) is 0.677. The number of thiazole rings is 1. The average Bonchev–Trinajstić information content (AvgIpc) is 3.06. The molecule has 2 heterocycles. The Morgan fingerprint density at radius 1 is 1.09 bits per heavy atom.